The van der Waals surface area contributed by atoms with Gasteiger partial charge in [-0.25, -0.2) is 0 Å². The number of aldehydes is 1. The lowest BCUT2D eigenvalue weighted by atomic mass is 9.53. The summed E-state index contributed by atoms with van der Waals surface area (Å²) in [5, 5.41) is 10.8. The standard InChI is InChI=1S/C22H25NO5/c1-12(25)27-18-6-5-15-16-11-14-13(4-3-9-24)10-17(26)20-19(14)22(15,21(18)28-20)7-8-23(16)2/h5-6,9-10,15-16,18,21,26H,3-4,7-8,11H2,1-2H3/t15?,16-,18+,21+,22+/m1/s1. The molecule has 1 spiro atoms. The van der Waals surface area contributed by atoms with Crippen LogP contribution in [0.4, 0.5) is 0 Å². The summed E-state index contributed by atoms with van der Waals surface area (Å²) in [6.45, 7) is 2.35. The van der Waals surface area contributed by atoms with Crippen molar-refractivity contribution in [3.8, 4) is 11.5 Å². The van der Waals surface area contributed by atoms with E-state index in [0.717, 1.165) is 36.8 Å². The van der Waals surface area contributed by atoms with Gasteiger partial charge in [0.15, 0.2) is 17.6 Å². The molecule has 1 saturated heterocycles. The Bertz CT molecular complexity index is 893. The summed E-state index contributed by atoms with van der Waals surface area (Å²) in [6, 6.07) is 2.09. The molecule has 2 heterocycles. The molecule has 1 unspecified atom stereocenters. The highest BCUT2D eigenvalue weighted by molar-refractivity contribution is 5.68. The van der Waals surface area contributed by atoms with Crippen LogP contribution in [0.1, 0.15) is 36.5 Å². The number of carbonyl (C=O) groups is 2. The van der Waals surface area contributed by atoms with E-state index < -0.39 is 6.10 Å². The maximum atomic E-state index is 11.7. The number of esters is 1. The molecule has 0 aromatic heterocycles. The van der Waals surface area contributed by atoms with Gasteiger partial charge in [-0.15, -0.1) is 0 Å². The molecule has 4 aliphatic rings. The number of hydrogen-bond acceptors (Lipinski definition) is 6. The zero-order valence-corrected chi connectivity index (χ0v) is 16.2. The highest BCUT2D eigenvalue weighted by atomic mass is 16.6. The van der Waals surface area contributed by atoms with E-state index in [0.29, 0.717) is 24.6 Å². The van der Waals surface area contributed by atoms with E-state index in [4.69, 9.17) is 9.47 Å². The first-order valence-corrected chi connectivity index (χ1v) is 10.0. The number of likely N-dealkylation sites (N-methyl/N-ethyl adjacent to an activating group) is 1. The highest BCUT2D eigenvalue weighted by Crippen LogP contribution is 2.63. The van der Waals surface area contributed by atoms with E-state index in [2.05, 4.69) is 18.0 Å². The third-order valence-corrected chi connectivity index (χ3v) is 7.19. The van der Waals surface area contributed by atoms with Gasteiger partial charge in [0, 0.05) is 36.3 Å². The van der Waals surface area contributed by atoms with Crippen molar-refractivity contribution in [2.24, 2.45) is 5.92 Å². The number of rotatable bonds is 4. The third kappa shape index (κ3) is 2.18. The van der Waals surface area contributed by atoms with Gasteiger partial charge in [-0.1, -0.05) is 6.08 Å². The van der Waals surface area contributed by atoms with Crippen molar-refractivity contribution in [3.63, 3.8) is 0 Å². The first-order valence-electron chi connectivity index (χ1n) is 10.0. The van der Waals surface area contributed by atoms with E-state index in [9.17, 15) is 14.7 Å². The van der Waals surface area contributed by atoms with E-state index in [1.807, 2.05) is 6.08 Å². The molecule has 2 aliphatic heterocycles. The molecule has 5 atom stereocenters. The molecule has 5 rings (SSSR count). The minimum absolute atomic E-state index is 0.126. The number of carbonyl (C=O) groups excluding carboxylic acids is 2. The van der Waals surface area contributed by atoms with E-state index in [1.165, 1.54) is 12.5 Å². The van der Waals surface area contributed by atoms with E-state index in [1.54, 1.807) is 6.07 Å². The molecule has 2 bridgehead atoms. The topological polar surface area (TPSA) is 76.1 Å². The lowest BCUT2D eigenvalue weighted by Crippen LogP contribution is -2.65. The Labute approximate surface area is 164 Å². The molecule has 148 valence electrons. The molecule has 1 aromatic rings. The van der Waals surface area contributed by atoms with Crippen molar-refractivity contribution in [1.29, 1.82) is 0 Å². The van der Waals surface area contributed by atoms with Crippen molar-refractivity contribution < 1.29 is 24.2 Å². The largest absolute Gasteiger partial charge is 0.504 e. The summed E-state index contributed by atoms with van der Waals surface area (Å²) >= 11 is 0. The van der Waals surface area contributed by atoms with Crippen LogP contribution in [0.5, 0.6) is 11.5 Å². The van der Waals surface area contributed by atoms with Gasteiger partial charge in [0.05, 0.1) is 0 Å². The van der Waals surface area contributed by atoms with E-state index in [-0.39, 0.29) is 29.2 Å². The van der Waals surface area contributed by atoms with Gasteiger partial charge >= 0.3 is 5.97 Å². The predicted molar refractivity (Wildman–Crippen MR) is 102 cm³/mol. The van der Waals surface area contributed by atoms with Crippen LogP contribution in [-0.4, -0.2) is 54.1 Å². The predicted octanol–water partition coefficient (Wildman–Crippen LogP) is 1.90. The number of piperidine rings is 1. The van der Waals surface area contributed by atoms with Crippen molar-refractivity contribution in [2.75, 3.05) is 13.6 Å². The quantitative estimate of drug-likeness (QED) is 0.486. The summed E-state index contributed by atoms with van der Waals surface area (Å²) in [6.07, 6.45) is 7.09. The van der Waals surface area contributed by atoms with Gasteiger partial charge in [0.2, 0.25) is 0 Å². The maximum absolute atomic E-state index is 11.7. The second kappa shape index (κ2) is 6.08. The van der Waals surface area contributed by atoms with Gasteiger partial charge in [-0.3, -0.25) is 4.79 Å². The molecule has 1 fully saturated rings. The number of phenolic OH excluding ortho intramolecular Hbond substituents is 1. The number of ether oxygens (including phenoxy) is 2. The normalized spacial score (nSPS) is 34.5. The highest BCUT2D eigenvalue weighted by Gasteiger charge is 2.65. The van der Waals surface area contributed by atoms with Crippen LogP contribution in [0.25, 0.3) is 0 Å². The number of nitrogens with zero attached hydrogens (tertiary/aromatic N) is 1. The molecule has 6 heteroatoms. The van der Waals surface area contributed by atoms with Crippen molar-refractivity contribution >= 4 is 12.3 Å². The zero-order valence-electron chi connectivity index (χ0n) is 16.2. The molecule has 28 heavy (non-hydrogen) atoms. The van der Waals surface area contributed by atoms with Crippen molar-refractivity contribution in [1.82, 2.24) is 4.90 Å². The average molecular weight is 383 g/mol. The van der Waals surface area contributed by atoms with Crippen LogP contribution in [0.2, 0.25) is 0 Å². The fourth-order valence-electron chi connectivity index (χ4n) is 6.11. The first kappa shape index (κ1) is 17.7. The summed E-state index contributed by atoms with van der Waals surface area (Å²) in [7, 11) is 2.16. The Morgan fingerprint density at radius 2 is 2.29 bits per heavy atom. The van der Waals surface area contributed by atoms with Gasteiger partial charge < -0.3 is 24.3 Å². The van der Waals surface area contributed by atoms with Gasteiger partial charge in [0.1, 0.15) is 12.4 Å². The fourth-order valence-corrected chi connectivity index (χ4v) is 6.11. The average Bonchev–Trinajstić information content (AvgIpc) is 3.01. The molecular weight excluding hydrogens is 358 g/mol. The molecule has 1 N–H and O–H groups in total. The first-order chi connectivity index (χ1) is 13.5. The SMILES string of the molecule is CC(=O)O[C@H]1C=CC2[C@H]3Cc4c(CCC=O)cc(O)c5c4[C@@]2(CCN3C)[C@H]1O5. The number of phenols is 1. The number of aromatic hydroxyl groups is 1. The van der Waals surface area contributed by atoms with Gasteiger partial charge in [-0.2, -0.15) is 0 Å². The summed E-state index contributed by atoms with van der Waals surface area (Å²) in [5.41, 5.74) is 3.03. The Morgan fingerprint density at radius 3 is 3.04 bits per heavy atom. The molecule has 6 nitrogen and oxygen atoms in total. The third-order valence-electron chi connectivity index (χ3n) is 7.19. The second-order valence-electron chi connectivity index (χ2n) is 8.51. The Morgan fingerprint density at radius 1 is 1.46 bits per heavy atom. The Kier molecular flexibility index (Phi) is 3.85. The molecule has 1 aromatic carbocycles. The van der Waals surface area contributed by atoms with Crippen LogP contribution in [-0.2, 0) is 32.6 Å². The molecular formula is C22H25NO5. The fraction of sp³-hybridized carbons (Fsp3) is 0.545. The van der Waals surface area contributed by atoms with Crippen molar-refractivity contribution in [2.45, 2.75) is 56.3 Å². The van der Waals surface area contributed by atoms with Crippen LogP contribution in [0.3, 0.4) is 0 Å². The molecule has 0 saturated carbocycles. The van der Waals surface area contributed by atoms with Crippen LogP contribution in [0.15, 0.2) is 18.2 Å². The van der Waals surface area contributed by atoms with Crippen LogP contribution < -0.4 is 4.74 Å². The summed E-state index contributed by atoms with van der Waals surface area (Å²) < 4.78 is 12.0. The minimum Gasteiger partial charge on any atom is -0.504 e. The number of hydrogen-bond donors (Lipinski definition) is 1. The van der Waals surface area contributed by atoms with Gasteiger partial charge in [0.25, 0.3) is 0 Å². The lowest BCUT2D eigenvalue weighted by molar-refractivity contribution is -0.152. The molecule has 0 amide bonds. The second-order valence-corrected chi connectivity index (χ2v) is 8.51. The number of benzene rings is 1. The monoisotopic (exact) mass is 383 g/mol. The van der Waals surface area contributed by atoms with Crippen LogP contribution in [0, 0.1) is 5.92 Å². The van der Waals surface area contributed by atoms with Crippen molar-refractivity contribution in [3.05, 3.63) is 34.9 Å². The van der Waals surface area contributed by atoms with Crippen LogP contribution >= 0.6 is 0 Å². The van der Waals surface area contributed by atoms with E-state index >= 15 is 0 Å². The smallest absolute Gasteiger partial charge is 0.303 e. The number of aryl methyl sites for hydroxylation is 1. The Hall–Kier alpha value is -2.34. The summed E-state index contributed by atoms with van der Waals surface area (Å²) in [5.74, 6) is 0.586. The van der Waals surface area contributed by atoms with Gasteiger partial charge in [-0.05, 0) is 56.1 Å². The summed E-state index contributed by atoms with van der Waals surface area (Å²) in [4.78, 5) is 25.1. The minimum atomic E-state index is -0.464. The number of likely N-dealkylation sites (tertiary alicyclic amines) is 1. The maximum Gasteiger partial charge on any atom is 0.303 e. The lowest BCUT2D eigenvalue weighted by Gasteiger charge is -2.56. The molecule has 2 aliphatic carbocycles. The molecule has 0 radical (unpaired) electrons. The zero-order chi connectivity index (χ0) is 19.6. The Balaban J connectivity index is 1.72.